The van der Waals surface area contributed by atoms with E-state index in [-0.39, 0.29) is 22.4 Å². The number of thioether (sulfide) groups is 1. The molecule has 0 saturated carbocycles. The van der Waals surface area contributed by atoms with Crippen LogP contribution in [0.1, 0.15) is 11.5 Å². The fourth-order valence-corrected chi connectivity index (χ4v) is 2.37. The molecule has 0 amide bonds. The summed E-state index contributed by atoms with van der Waals surface area (Å²) in [6.45, 7) is 1.53. The zero-order valence-electron chi connectivity index (χ0n) is 9.49. The van der Waals surface area contributed by atoms with Gasteiger partial charge >= 0.3 is 5.69 Å². The fourth-order valence-electron chi connectivity index (χ4n) is 1.41. The van der Waals surface area contributed by atoms with Crippen LogP contribution in [0.3, 0.4) is 0 Å². The van der Waals surface area contributed by atoms with Gasteiger partial charge in [0.2, 0.25) is 5.95 Å². The molecule has 18 heavy (non-hydrogen) atoms. The minimum atomic E-state index is -0.501. The van der Waals surface area contributed by atoms with Crippen molar-refractivity contribution in [3.8, 4) is 0 Å². The van der Waals surface area contributed by atoms with Gasteiger partial charge in [-0.3, -0.25) is 10.1 Å². The number of nitrogen functional groups attached to an aromatic ring is 1. The van der Waals surface area contributed by atoms with E-state index in [4.69, 9.17) is 10.2 Å². The van der Waals surface area contributed by atoms with Gasteiger partial charge < -0.3 is 10.2 Å². The molecule has 7 nitrogen and oxygen atoms in total. The summed E-state index contributed by atoms with van der Waals surface area (Å²) in [4.78, 5) is 18.2. The van der Waals surface area contributed by atoms with Crippen molar-refractivity contribution in [1.29, 1.82) is 0 Å². The monoisotopic (exact) mass is 266 g/mol. The van der Waals surface area contributed by atoms with Crippen LogP contribution in [0.15, 0.2) is 27.8 Å². The molecule has 0 spiro atoms. The van der Waals surface area contributed by atoms with E-state index in [2.05, 4.69) is 9.97 Å². The summed E-state index contributed by atoms with van der Waals surface area (Å²) in [6, 6.07) is 3.54. The smallest absolute Gasteiger partial charge is 0.322 e. The van der Waals surface area contributed by atoms with Gasteiger partial charge in [0.1, 0.15) is 11.5 Å². The topological polar surface area (TPSA) is 108 Å². The molecular weight excluding hydrogens is 256 g/mol. The van der Waals surface area contributed by atoms with Gasteiger partial charge in [-0.2, -0.15) is 4.98 Å². The number of hydrogen-bond acceptors (Lipinski definition) is 7. The number of aryl methyl sites for hydroxylation is 1. The van der Waals surface area contributed by atoms with Gasteiger partial charge in [-0.1, -0.05) is 11.8 Å². The number of nitrogens with zero attached hydrogens (tertiary/aromatic N) is 3. The number of aromatic nitrogens is 2. The van der Waals surface area contributed by atoms with Crippen LogP contribution in [0, 0.1) is 17.0 Å². The highest BCUT2D eigenvalue weighted by Gasteiger charge is 2.21. The molecule has 0 radical (unpaired) electrons. The summed E-state index contributed by atoms with van der Waals surface area (Å²) in [5.41, 5.74) is 5.64. The highest BCUT2D eigenvalue weighted by atomic mass is 32.2. The molecule has 94 valence electrons. The van der Waals surface area contributed by atoms with Crippen molar-refractivity contribution in [3.05, 3.63) is 40.0 Å². The Hall–Kier alpha value is -2.09. The van der Waals surface area contributed by atoms with Gasteiger partial charge in [-0.15, -0.1) is 0 Å². The van der Waals surface area contributed by atoms with E-state index in [1.807, 2.05) is 0 Å². The molecule has 0 unspecified atom stereocenters. The molecular formula is C10H10N4O3S. The number of nitrogens with two attached hydrogens (primary N) is 1. The first kappa shape index (κ1) is 12.4. The van der Waals surface area contributed by atoms with E-state index >= 15 is 0 Å². The fraction of sp³-hybridized carbons (Fsp3) is 0.200. The second-order valence-corrected chi connectivity index (χ2v) is 4.41. The summed E-state index contributed by atoms with van der Waals surface area (Å²) in [6.07, 6.45) is 1.55. The molecule has 0 bridgehead atoms. The molecule has 0 aliphatic rings. The minimum absolute atomic E-state index is 0.0278. The van der Waals surface area contributed by atoms with Crippen LogP contribution >= 0.6 is 11.8 Å². The molecule has 2 heterocycles. The first-order valence-corrected chi connectivity index (χ1v) is 6.00. The second kappa shape index (κ2) is 5.05. The van der Waals surface area contributed by atoms with Crippen molar-refractivity contribution in [1.82, 2.24) is 9.97 Å². The Morgan fingerprint density at radius 3 is 2.94 bits per heavy atom. The van der Waals surface area contributed by atoms with Crippen molar-refractivity contribution in [2.45, 2.75) is 17.7 Å². The third kappa shape index (κ3) is 2.59. The largest absolute Gasteiger partial charge is 0.468 e. The minimum Gasteiger partial charge on any atom is -0.468 e. The van der Waals surface area contributed by atoms with Crippen LogP contribution in [-0.2, 0) is 5.75 Å². The van der Waals surface area contributed by atoms with Gasteiger partial charge in [-0.25, -0.2) is 4.98 Å². The maximum Gasteiger partial charge on any atom is 0.322 e. The lowest BCUT2D eigenvalue weighted by molar-refractivity contribution is -0.389. The van der Waals surface area contributed by atoms with E-state index < -0.39 is 4.92 Å². The van der Waals surface area contributed by atoms with E-state index in [0.29, 0.717) is 11.5 Å². The first-order chi connectivity index (χ1) is 8.58. The molecule has 0 aliphatic heterocycles. The van der Waals surface area contributed by atoms with E-state index in [1.165, 1.54) is 18.7 Å². The van der Waals surface area contributed by atoms with Crippen molar-refractivity contribution in [2.24, 2.45) is 0 Å². The lowest BCUT2D eigenvalue weighted by atomic mass is 10.4. The van der Waals surface area contributed by atoms with Crippen LogP contribution in [0.5, 0.6) is 0 Å². The standard InChI is InChI=1S/C10H10N4O3S/c1-6-8(14(15)16)9(13-10(11)12-6)18-5-7-3-2-4-17-7/h2-4H,5H2,1H3,(H2,11,12,13). The average molecular weight is 266 g/mol. The summed E-state index contributed by atoms with van der Waals surface area (Å²) >= 11 is 1.19. The van der Waals surface area contributed by atoms with E-state index in [0.717, 1.165) is 0 Å². The third-order valence-electron chi connectivity index (χ3n) is 2.16. The summed E-state index contributed by atoms with van der Waals surface area (Å²) in [5, 5.41) is 11.2. The van der Waals surface area contributed by atoms with Gasteiger partial charge in [0, 0.05) is 0 Å². The quantitative estimate of drug-likeness (QED) is 0.391. The van der Waals surface area contributed by atoms with Crippen molar-refractivity contribution in [3.63, 3.8) is 0 Å². The van der Waals surface area contributed by atoms with Crippen LogP contribution in [0.2, 0.25) is 0 Å². The SMILES string of the molecule is Cc1nc(N)nc(SCc2ccco2)c1[N+](=O)[O-]. The number of furan rings is 1. The first-order valence-electron chi connectivity index (χ1n) is 5.01. The van der Waals surface area contributed by atoms with Gasteiger partial charge in [0.25, 0.3) is 0 Å². The Bertz CT molecular complexity index is 571. The highest BCUT2D eigenvalue weighted by Crippen LogP contribution is 2.32. The third-order valence-corrected chi connectivity index (χ3v) is 3.14. The Balaban J connectivity index is 2.28. The Morgan fingerprint density at radius 2 is 2.33 bits per heavy atom. The van der Waals surface area contributed by atoms with Crippen molar-refractivity contribution < 1.29 is 9.34 Å². The number of rotatable bonds is 4. The molecule has 0 atom stereocenters. The number of nitro groups is 1. The molecule has 8 heteroatoms. The zero-order valence-corrected chi connectivity index (χ0v) is 10.3. The van der Waals surface area contributed by atoms with Gasteiger partial charge in [0.05, 0.1) is 16.9 Å². The number of anilines is 1. The summed E-state index contributed by atoms with van der Waals surface area (Å²) < 4.78 is 5.15. The Morgan fingerprint density at radius 1 is 1.56 bits per heavy atom. The average Bonchev–Trinajstić information content (AvgIpc) is 2.77. The van der Waals surface area contributed by atoms with Crippen LogP contribution < -0.4 is 5.73 Å². The van der Waals surface area contributed by atoms with Crippen molar-refractivity contribution in [2.75, 3.05) is 5.73 Å². The lowest BCUT2D eigenvalue weighted by Crippen LogP contribution is -2.04. The van der Waals surface area contributed by atoms with Crippen LogP contribution in [0.25, 0.3) is 0 Å². The molecule has 0 aliphatic carbocycles. The zero-order chi connectivity index (χ0) is 13.1. The Kier molecular flexibility index (Phi) is 3.47. The van der Waals surface area contributed by atoms with Gasteiger partial charge in [-0.05, 0) is 19.1 Å². The van der Waals surface area contributed by atoms with Gasteiger partial charge in [0.15, 0.2) is 5.03 Å². The summed E-state index contributed by atoms with van der Waals surface area (Å²) in [5.74, 6) is 1.19. The predicted octanol–water partition coefficient (Wildman–Crippen LogP) is 2.16. The molecule has 2 aromatic heterocycles. The van der Waals surface area contributed by atoms with Crippen LogP contribution in [-0.4, -0.2) is 14.9 Å². The second-order valence-electron chi connectivity index (χ2n) is 3.45. The normalized spacial score (nSPS) is 10.5. The predicted molar refractivity (Wildman–Crippen MR) is 66.1 cm³/mol. The summed E-state index contributed by atoms with van der Waals surface area (Å²) in [7, 11) is 0. The lowest BCUT2D eigenvalue weighted by Gasteiger charge is -2.04. The molecule has 0 fully saturated rings. The molecule has 2 N–H and O–H groups in total. The maximum atomic E-state index is 11.0. The molecule has 0 aromatic carbocycles. The highest BCUT2D eigenvalue weighted by molar-refractivity contribution is 7.98. The van der Waals surface area contributed by atoms with E-state index in [9.17, 15) is 10.1 Å². The molecule has 2 aromatic rings. The Labute approximate surface area is 107 Å². The van der Waals surface area contributed by atoms with Crippen LogP contribution in [0.4, 0.5) is 11.6 Å². The number of hydrogen-bond donors (Lipinski definition) is 1. The maximum absolute atomic E-state index is 11.0. The molecule has 0 saturated heterocycles. The van der Waals surface area contributed by atoms with Crippen molar-refractivity contribution >= 4 is 23.4 Å². The van der Waals surface area contributed by atoms with E-state index in [1.54, 1.807) is 18.4 Å². The molecule has 2 rings (SSSR count).